The molecule has 1 unspecified atom stereocenters. The lowest BCUT2D eigenvalue weighted by Crippen LogP contribution is -2.19. The number of benzene rings is 1. The number of nitrogens with zero attached hydrogens (tertiary/aromatic N) is 3. The second kappa shape index (κ2) is 5.24. The van der Waals surface area contributed by atoms with E-state index in [9.17, 15) is 5.11 Å². The van der Waals surface area contributed by atoms with Crippen LogP contribution in [0.4, 0.5) is 0 Å². The Morgan fingerprint density at radius 1 is 1.53 bits per heavy atom. The molecule has 17 heavy (non-hydrogen) atoms. The van der Waals surface area contributed by atoms with Crippen LogP contribution in [0.1, 0.15) is 24.4 Å². The molecule has 1 aromatic carbocycles. The highest BCUT2D eigenvalue weighted by atomic mass is 79.9. The Hall–Kier alpha value is -1.47. The van der Waals surface area contributed by atoms with E-state index >= 15 is 0 Å². The van der Waals surface area contributed by atoms with Gasteiger partial charge in [-0.1, -0.05) is 11.3 Å². The van der Waals surface area contributed by atoms with Crippen molar-refractivity contribution in [2.24, 2.45) is 0 Å². The van der Waals surface area contributed by atoms with E-state index < -0.39 is 0 Å². The van der Waals surface area contributed by atoms with Crippen molar-refractivity contribution >= 4 is 15.9 Å². The van der Waals surface area contributed by atoms with Gasteiger partial charge in [0.25, 0.3) is 0 Å². The van der Waals surface area contributed by atoms with Crippen molar-refractivity contribution in [3.8, 4) is 5.75 Å². The van der Waals surface area contributed by atoms with Gasteiger partial charge in [0.2, 0.25) is 0 Å². The van der Waals surface area contributed by atoms with Crippen LogP contribution in [-0.4, -0.2) is 25.7 Å². The van der Waals surface area contributed by atoms with Gasteiger partial charge in [-0.15, -0.1) is 10.2 Å². The third-order valence-corrected chi connectivity index (χ3v) is 3.01. The van der Waals surface area contributed by atoms with Gasteiger partial charge in [-0.25, -0.2) is 0 Å². The Morgan fingerprint density at radius 3 is 3.00 bits per heavy atom. The first-order chi connectivity index (χ1) is 8.16. The molecule has 0 spiro atoms. The highest BCUT2D eigenvalue weighted by Gasteiger charge is 2.09. The molecule has 3 N–H and O–H groups in total. The van der Waals surface area contributed by atoms with Crippen LogP contribution in [0.5, 0.6) is 5.75 Å². The lowest BCUT2D eigenvalue weighted by molar-refractivity contribution is 0.471. The van der Waals surface area contributed by atoms with Gasteiger partial charge < -0.3 is 10.4 Å². The van der Waals surface area contributed by atoms with E-state index in [2.05, 4.69) is 41.9 Å². The highest BCUT2D eigenvalue weighted by Crippen LogP contribution is 2.24. The number of H-pyrrole nitrogens is 1. The number of phenolic OH excluding ortho intramolecular Hbond substituents is 1. The van der Waals surface area contributed by atoms with Crippen molar-refractivity contribution in [2.45, 2.75) is 19.5 Å². The molecule has 1 atom stereocenters. The van der Waals surface area contributed by atoms with Crippen LogP contribution in [0.15, 0.2) is 22.7 Å². The predicted octanol–water partition coefficient (Wildman–Crippen LogP) is 1.52. The second-order valence-electron chi connectivity index (χ2n) is 3.66. The molecule has 0 aliphatic carbocycles. The summed E-state index contributed by atoms with van der Waals surface area (Å²) in [5.74, 6) is 0.864. The molecule has 1 aromatic heterocycles. The van der Waals surface area contributed by atoms with Gasteiger partial charge in [0, 0.05) is 6.54 Å². The van der Waals surface area contributed by atoms with Crippen molar-refractivity contribution in [1.29, 1.82) is 0 Å². The first-order valence-electron chi connectivity index (χ1n) is 5.11. The minimum atomic E-state index is 0.0151. The van der Waals surface area contributed by atoms with Crippen LogP contribution in [0.2, 0.25) is 0 Å². The average molecular weight is 298 g/mol. The number of halogens is 1. The van der Waals surface area contributed by atoms with Gasteiger partial charge in [0.1, 0.15) is 5.75 Å². The number of tetrazole rings is 1. The average Bonchev–Trinajstić information content (AvgIpc) is 2.84. The molecule has 1 heterocycles. The molecule has 0 fully saturated rings. The number of phenols is 1. The maximum absolute atomic E-state index is 9.37. The van der Waals surface area contributed by atoms with E-state index in [1.54, 1.807) is 6.07 Å². The molecule has 0 saturated carbocycles. The highest BCUT2D eigenvalue weighted by molar-refractivity contribution is 9.10. The van der Waals surface area contributed by atoms with Gasteiger partial charge in [-0.05, 0) is 40.5 Å². The van der Waals surface area contributed by atoms with E-state index in [4.69, 9.17) is 0 Å². The first kappa shape index (κ1) is 12.0. The number of hydrogen-bond donors (Lipinski definition) is 3. The van der Waals surface area contributed by atoms with E-state index in [-0.39, 0.29) is 11.8 Å². The lowest BCUT2D eigenvalue weighted by Gasteiger charge is -2.10. The van der Waals surface area contributed by atoms with Crippen LogP contribution in [0.3, 0.4) is 0 Å². The van der Waals surface area contributed by atoms with Crippen LogP contribution in [0.25, 0.3) is 0 Å². The largest absolute Gasteiger partial charge is 0.507 e. The Morgan fingerprint density at radius 2 is 2.35 bits per heavy atom. The summed E-state index contributed by atoms with van der Waals surface area (Å²) >= 11 is 3.27. The van der Waals surface area contributed by atoms with Gasteiger partial charge in [-0.2, -0.15) is 5.21 Å². The minimum absolute atomic E-state index is 0.0151. The van der Waals surface area contributed by atoms with Gasteiger partial charge in [-0.3, -0.25) is 0 Å². The molecular formula is C10H12BrN5O. The Labute approximate surface area is 107 Å². The summed E-state index contributed by atoms with van der Waals surface area (Å²) in [6.07, 6.45) is 0. The third-order valence-electron chi connectivity index (χ3n) is 2.37. The summed E-state index contributed by atoms with van der Waals surface area (Å²) in [5.41, 5.74) is 1.06. The van der Waals surface area contributed by atoms with E-state index in [1.807, 2.05) is 19.1 Å². The zero-order valence-corrected chi connectivity index (χ0v) is 10.8. The Kier molecular flexibility index (Phi) is 3.70. The third kappa shape index (κ3) is 3.01. The summed E-state index contributed by atoms with van der Waals surface area (Å²) < 4.78 is 0.684. The van der Waals surface area contributed by atoms with Crippen molar-refractivity contribution in [2.75, 3.05) is 0 Å². The fraction of sp³-hybridized carbons (Fsp3) is 0.300. The maximum Gasteiger partial charge on any atom is 0.191 e. The van der Waals surface area contributed by atoms with E-state index in [0.29, 0.717) is 16.8 Å². The van der Waals surface area contributed by atoms with Gasteiger partial charge >= 0.3 is 0 Å². The number of nitrogens with one attached hydrogen (secondary N) is 2. The molecule has 6 nitrogen and oxygen atoms in total. The summed E-state index contributed by atoms with van der Waals surface area (Å²) in [7, 11) is 0. The standard InChI is InChI=1S/C10H12BrN5O/c1-6(10-13-15-16-14-10)12-5-7-2-3-9(17)8(11)4-7/h2-4,6,12,17H,5H2,1H3,(H,13,14,15,16). The van der Waals surface area contributed by atoms with Crippen LogP contribution < -0.4 is 5.32 Å². The second-order valence-corrected chi connectivity index (χ2v) is 4.51. The molecule has 0 aliphatic heterocycles. The minimum Gasteiger partial charge on any atom is -0.507 e. The number of hydrogen-bond acceptors (Lipinski definition) is 5. The summed E-state index contributed by atoms with van der Waals surface area (Å²) in [4.78, 5) is 0. The lowest BCUT2D eigenvalue weighted by atomic mass is 10.2. The molecule has 0 saturated heterocycles. The molecule has 0 radical (unpaired) electrons. The van der Waals surface area contributed by atoms with Gasteiger partial charge in [0.05, 0.1) is 10.5 Å². The quantitative estimate of drug-likeness (QED) is 0.796. The van der Waals surface area contributed by atoms with Crippen molar-refractivity contribution in [3.05, 3.63) is 34.1 Å². The summed E-state index contributed by atoms with van der Waals surface area (Å²) in [6.45, 7) is 2.62. The predicted molar refractivity (Wildman–Crippen MR) is 65.2 cm³/mol. The first-order valence-corrected chi connectivity index (χ1v) is 5.90. The number of aromatic amines is 1. The molecule has 7 heteroatoms. The van der Waals surface area contributed by atoms with E-state index in [0.717, 1.165) is 5.56 Å². The molecular weight excluding hydrogens is 286 g/mol. The topological polar surface area (TPSA) is 86.7 Å². The zero-order chi connectivity index (χ0) is 12.3. The van der Waals surface area contributed by atoms with Crippen LogP contribution in [0, 0.1) is 0 Å². The molecule has 2 aromatic rings. The fourth-order valence-electron chi connectivity index (χ4n) is 1.38. The SMILES string of the molecule is CC(NCc1ccc(O)c(Br)c1)c1nn[nH]n1. The molecule has 0 aliphatic rings. The van der Waals surface area contributed by atoms with Gasteiger partial charge in [0.15, 0.2) is 5.82 Å². The van der Waals surface area contributed by atoms with Crippen molar-refractivity contribution < 1.29 is 5.11 Å². The fourth-order valence-corrected chi connectivity index (χ4v) is 1.80. The maximum atomic E-state index is 9.37. The zero-order valence-electron chi connectivity index (χ0n) is 9.18. The van der Waals surface area contributed by atoms with Crippen molar-refractivity contribution in [1.82, 2.24) is 25.9 Å². The number of aromatic hydroxyl groups is 1. The monoisotopic (exact) mass is 297 g/mol. The normalized spacial score (nSPS) is 12.6. The molecule has 0 bridgehead atoms. The molecule has 2 rings (SSSR count). The molecule has 90 valence electrons. The van der Waals surface area contributed by atoms with Crippen LogP contribution in [-0.2, 0) is 6.54 Å². The Bertz CT molecular complexity index is 487. The smallest absolute Gasteiger partial charge is 0.191 e. The Balaban J connectivity index is 1.96. The molecule has 0 amide bonds. The number of aromatic nitrogens is 4. The van der Waals surface area contributed by atoms with Crippen LogP contribution >= 0.6 is 15.9 Å². The summed E-state index contributed by atoms with van der Waals surface area (Å²) in [6, 6.07) is 5.39. The number of rotatable bonds is 4. The summed E-state index contributed by atoms with van der Waals surface area (Å²) in [5, 5.41) is 26.4. The van der Waals surface area contributed by atoms with Crippen molar-refractivity contribution in [3.63, 3.8) is 0 Å². The van der Waals surface area contributed by atoms with E-state index in [1.165, 1.54) is 0 Å².